The summed E-state index contributed by atoms with van der Waals surface area (Å²) >= 11 is 0. The molecule has 3 heterocycles. The summed E-state index contributed by atoms with van der Waals surface area (Å²) in [5.74, 6) is -3.11. The Morgan fingerprint density at radius 2 is 1.93 bits per heavy atom. The highest BCUT2D eigenvalue weighted by molar-refractivity contribution is 6.34. The molecule has 0 unspecified atom stereocenters. The number of aromatic nitrogens is 4. The topological polar surface area (TPSA) is 131 Å². The van der Waals surface area contributed by atoms with Crippen LogP contribution in [0.2, 0.25) is 0 Å². The van der Waals surface area contributed by atoms with Gasteiger partial charge in [0.25, 0.3) is 17.4 Å². The molecule has 202 valence electrons. The lowest BCUT2D eigenvalue weighted by molar-refractivity contribution is -0.110. The van der Waals surface area contributed by atoms with Gasteiger partial charge in [-0.3, -0.25) is 19.0 Å². The number of aromatic amines is 1. The number of fused-ring (bicyclic) bond motifs is 1. The number of carbonyl (C=O) groups is 2. The van der Waals surface area contributed by atoms with Gasteiger partial charge in [0, 0.05) is 31.0 Å². The molecule has 0 radical (unpaired) electrons. The van der Waals surface area contributed by atoms with Crippen LogP contribution in [0.3, 0.4) is 0 Å². The van der Waals surface area contributed by atoms with Crippen LogP contribution in [0.5, 0.6) is 0 Å². The molecule has 0 fully saturated rings. The van der Waals surface area contributed by atoms with Crippen molar-refractivity contribution in [3.63, 3.8) is 0 Å². The van der Waals surface area contributed by atoms with Crippen molar-refractivity contribution in [2.24, 2.45) is 7.05 Å². The van der Waals surface area contributed by atoms with Crippen molar-refractivity contribution in [2.75, 3.05) is 11.9 Å². The van der Waals surface area contributed by atoms with Crippen molar-refractivity contribution in [2.45, 2.75) is 6.54 Å². The number of H-pyrrole nitrogens is 1. The number of amides is 2. The molecule has 0 saturated heterocycles. The molecule has 40 heavy (non-hydrogen) atoms. The third kappa shape index (κ3) is 5.27. The Bertz CT molecular complexity index is 1820. The van der Waals surface area contributed by atoms with Gasteiger partial charge >= 0.3 is 5.69 Å². The van der Waals surface area contributed by atoms with Crippen LogP contribution in [0.15, 0.2) is 70.8 Å². The number of imidazole rings is 1. The standard InChI is InChI=1S/C28H22F2N6O4/c1-35-14-21(27(39)36(28(35)40)13-17-5-7-22(29)23(30)9-17)25(37)32-8-2-3-16-4-6-19-20(11-18-12-31-15-33-18)26(38)34-24(19)10-16/h2-7,9-12,14-15H,8,13H2,1H3,(H,31,33)(H,32,37)(H,34,38). The van der Waals surface area contributed by atoms with E-state index in [4.69, 9.17) is 0 Å². The van der Waals surface area contributed by atoms with Crippen LogP contribution < -0.4 is 21.9 Å². The molecule has 0 spiro atoms. The summed E-state index contributed by atoms with van der Waals surface area (Å²) in [6, 6.07) is 8.47. The maximum Gasteiger partial charge on any atom is 0.331 e. The number of nitrogens with one attached hydrogen (secondary N) is 3. The Morgan fingerprint density at radius 1 is 1.10 bits per heavy atom. The Kier molecular flexibility index (Phi) is 7.06. The Morgan fingerprint density at radius 3 is 2.67 bits per heavy atom. The van der Waals surface area contributed by atoms with E-state index in [1.54, 1.807) is 30.5 Å². The van der Waals surface area contributed by atoms with Gasteiger partial charge in [0.2, 0.25) is 0 Å². The van der Waals surface area contributed by atoms with Gasteiger partial charge in [-0.1, -0.05) is 30.4 Å². The van der Waals surface area contributed by atoms with E-state index >= 15 is 0 Å². The van der Waals surface area contributed by atoms with E-state index < -0.39 is 28.8 Å². The Labute approximate surface area is 225 Å². The van der Waals surface area contributed by atoms with Crippen LogP contribution in [0.1, 0.15) is 32.7 Å². The molecule has 3 N–H and O–H groups in total. The third-order valence-electron chi connectivity index (χ3n) is 6.24. The average Bonchev–Trinajstić information content (AvgIpc) is 3.56. The van der Waals surface area contributed by atoms with E-state index in [0.29, 0.717) is 17.0 Å². The fourth-order valence-corrected chi connectivity index (χ4v) is 4.24. The summed E-state index contributed by atoms with van der Waals surface area (Å²) in [6.07, 6.45) is 9.39. The average molecular weight is 545 g/mol. The van der Waals surface area contributed by atoms with Crippen LogP contribution >= 0.6 is 0 Å². The molecule has 1 aliphatic rings. The number of halogens is 2. The minimum atomic E-state index is -1.11. The third-order valence-corrected chi connectivity index (χ3v) is 6.24. The zero-order valence-corrected chi connectivity index (χ0v) is 21.1. The van der Waals surface area contributed by atoms with Gasteiger partial charge in [-0.25, -0.2) is 18.6 Å². The summed E-state index contributed by atoms with van der Waals surface area (Å²) in [5.41, 5.74) is 1.71. The van der Waals surface area contributed by atoms with Gasteiger partial charge in [0.1, 0.15) is 5.56 Å². The normalized spacial score (nSPS) is 13.6. The number of hydrogen-bond acceptors (Lipinski definition) is 5. The van der Waals surface area contributed by atoms with Crippen molar-refractivity contribution in [3.05, 3.63) is 122 Å². The minimum absolute atomic E-state index is 0.0682. The monoisotopic (exact) mass is 544 g/mol. The fraction of sp³-hybridized carbons (Fsp3) is 0.107. The van der Waals surface area contributed by atoms with Crippen molar-refractivity contribution < 1.29 is 18.4 Å². The van der Waals surface area contributed by atoms with Crippen LogP contribution in [0.4, 0.5) is 14.5 Å². The highest BCUT2D eigenvalue weighted by Gasteiger charge is 2.24. The highest BCUT2D eigenvalue weighted by Crippen LogP contribution is 2.33. The second-order valence-electron chi connectivity index (χ2n) is 9.01. The quantitative estimate of drug-likeness (QED) is 0.308. The van der Waals surface area contributed by atoms with Crippen LogP contribution in [-0.4, -0.2) is 37.5 Å². The molecule has 4 aromatic rings. The molecule has 2 amide bonds. The van der Waals surface area contributed by atoms with Crippen molar-refractivity contribution in [1.29, 1.82) is 0 Å². The molecule has 0 aliphatic carbocycles. The zero-order chi connectivity index (χ0) is 28.4. The SMILES string of the molecule is Cn1cc(C(=O)NCC=Cc2ccc3c(c2)NC(=O)C3=Cc2cnc[nH]2)c(=O)n(Cc2ccc(F)c(F)c2)c1=O. The molecular formula is C28H22F2N6O4. The Balaban J connectivity index is 1.27. The minimum Gasteiger partial charge on any atom is -0.348 e. The number of aryl methyl sites for hydroxylation is 1. The molecule has 1 aliphatic heterocycles. The van der Waals surface area contributed by atoms with E-state index in [0.717, 1.165) is 38.6 Å². The number of hydrogen-bond donors (Lipinski definition) is 3. The van der Waals surface area contributed by atoms with Crippen LogP contribution in [-0.2, 0) is 18.4 Å². The van der Waals surface area contributed by atoms with Crippen molar-refractivity contribution >= 4 is 35.2 Å². The van der Waals surface area contributed by atoms with Crippen LogP contribution in [0, 0.1) is 11.6 Å². The molecule has 5 rings (SSSR count). The first-order valence-corrected chi connectivity index (χ1v) is 12.1. The summed E-state index contributed by atoms with van der Waals surface area (Å²) in [6.45, 7) is -0.268. The first-order valence-electron chi connectivity index (χ1n) is 12.1. The van der Waals surface area contributed by atoms with E-state index in [9.17, 15) is 28.0 Å². The van der Waals surface area contributed by atoms with E-state index in [1.807, 2.05) is 12.1 Å². The molecule has 2 aromatic carbocycles. The molecule has 10 nitrogen and oxygen atoms in total. The molecule has 0 saturated carbocycles. The molecule has 12 heteroatoms. The molecule has 0 atom stereocenters. The summed E-state index contributed by atoms with van der Waals surface area (Å²) in [5, 5.41) is 5.43. The molecule has 0 bridgehead atoms. The number of anilines is 1. The largest absolute Gasteiger partial charge is 0.348 e. The molecule has 2 aromatic heterocycles. The number of benzene rings is 2. The Hall–Kier alpha value is -5.39. The lowest BCUT2D eigenvalue weighted by atomic mass is 10.0. The van der Waals surface area contributed by atoms with Gasteiger partial charge < -0.3 is 20.2 Å². The van der Waals surface area contributed by atoms with Gasteiger partial charge in [-0.2, -0.15) is 0 Å². The van der Waals surface area contributed by atoms with Gasteiger partial charge in [0.15, 0.2) is 11.6 Å². The van der Waals surface area contributed by atoms with E-state index in [-0.39, 0.29) is 30.1 Å². The summed E-state index contributed by atoms with van der Waals surface area (Å²) in [4.78, 5) is 57.5. The maximum atomic E-state index is 13.6. The smallest absolute Gasteiger partial charge is 0.331 e. The van der Waals surface area contributed by atoms with Crippen molar-refractivity contribution in [3.8, 4) is 0 Å². The number of nitrogens with zero attached hydrogens (tertiary/aromatic N) is 3. The number of carbonyl (C=O) groups excluding carboxylic acids is 2. The van der Waals surface area contributed by atoms with E-state index in [2.05, 4.69) is 20.6 Å². The fourth-order valence-electron chi connectivity index (χ4n) is 4.24. The summed E-state index contributed by atoms with van der Waals surface area (Å²) in [7, 11) is 1.38. The second kappa shape index (κ2) is 10.8. The highest BCUT2D eigenvalue weighted by atomic mass is 19.2. The first-order chi connectivity index (χ1) is 19.2. The first kappa shape index (κ1) is 26.2. The maximum absolute atomic E-state index is 13.6. The lowest BCUT2D eigenvalue weighted by Gasteiger charge is -2.10. The van der Waals surface area contributed by atoms with Crippen molar-refractivity contribution in [1.82, 2.24) is 24.4 Å². The van der Waals surface area contributed by atoms with Gasteiger partial charge in [0.05, 0.1) is 30.3 Å². The molecular weight excluding hydrogens is 522 g/mol. The van der Waals surface area contributed by atoms with Crippen LogP contribution in [0.25, 0.3) is 17.7 Å². The number of rotatable bonds is 7. The predicted molar refractivity (Wildman–Crippen MR) is 144 cm³/mol. The second-order valence-corrected chi connectivity index (χ2v) is 9.01. The van der Waals surface area contributed by atoms with E-state index in [1.165, 1.54) is 19.4 Å². The zero-order valence-electron chi connectivity index (χ0n) is 21.1. The summed E-state index contributed by atoms with van der Waals surface area (Å²) < 4.78 is 28.7. The predicted octanol–water partition coefficient (Wildman–Crippen LogP) is 2.53. The lowest BCUT2D eigenvalue weighted by Crippen LogP contribution is -2.43. The van der Waals surface area contributed by atoms with Gasteiger partial charge in [-0.05, 0) is 35.4 Å². The van der Waals surface area contributed by atoms with Gasteiger partial charge in [-0.15, -0.1) is 0 Å².